The first-order chi connectivity index (χ1) is 8.47. The van der Waals surface area contributed by atoms with Crippen molar-refractivity contribution in [3.8, 4) is 0 Å². The first-order valence-corrected chi connectivity index (χ1v) is 6.54. The van der Waals surface area contributed by atoms with Crippen LogP contribution in [0.15, 0.2) is 11.0 Å². The van der Waals surface area contributed by atoms with E-state index in [0.717, 1.165) is 19.6 Å². The van der Waals surface area contributed by atoms with E-state index in [9.17, 15) is 4.79 Å². The average Bonchev–Trinajstić information content (AvgIpc) is 2.33. The van der Waals surface area contributed by atoms with Gasteiger partial charge in [-0.25, -0.2) is 4.68 Å². The van der Waals surface area contributed by atoms with Crippen LogP contribution in [0.25, 0.3) is 0 Å². The fourth-order valence-electron chi connectivity index (χ4n) is 1.48. The Labute approximate surface area is 113 Å². The summed E-state index contributed by atoms with van der Waals surface area (Å²) in [4.78, 5) is 14.1. The number of hydrogen-bond donors (Lipinski definition) is 1. The number of likely N-dealkylation sites (N-methyl/N-ethyl adjacent to an activating group) is 1. The van der Waals surface area contributed by atoms with Gasteiger partial charge in [-0.1, -0.05) is 18.5 Å². The van der Waals surface area contributed by atoms with Crippen LogP contribution in [0.4, 0.5) is 5.69 Å². The molecular formula is C12H21ClN4O. The van der Waals surface area contributed by atoms with Gasteiger partial charge in [0, 0.05) is 13.1 Å². The molecule has 18 heavy (non-hydrogen) atoms. The van der Waals surface area contributed by atoms with Crippen LogP contribution in [0.1, 0.15) is 26.8 Å². The van der Waals surface area contributed by atoms with Crippen LogP contribution in [0.5, 0.6) is 0 Å². The summed E-state index contributed by atoms with van der Waals surface area (Å²) in [5.41, 5.74) is 0.351. The van der Waals surface area contributed by atoms with Gasteiger partial charge in [0.05, 0.1) is 17.9 Å². The summed E-state index contributed by atoms with van der Waals surface area (Å²) < 4.78 is 1.38. The molecule has 0 unspecified atom stereocenters. The van der Waals surface area contributed by atoms with Crippen molar-refractivity contribution in [3.63, 3.8) is 0 Å². The van der Waals surface area contributed by atoms with Gasteiger partial charge in [-0.3, -0.25) is 4.79 Å². The molecule has 0 amide bonds. The van der Waals surface area contributed by atoms with E-state index in [1.165, 1.54) is 4.68 Å². The predicted octanol–water partition coefficient (Wildman–Crippen LogP) is 1.84. The number of aromatic nitrogens is 2. The zero-order valence-corrected chi connectivity index (χ0v) is 12.2. The Balaban J connectivity index is 2.74. The second kappa shape index (κ2) is 6.75. The lowest BCUT2D eigenvalue weighted by atomic mass is 10.4. The first-order valence-electron chi connectivity index (χ1n) is 6.17. The van der Waals surface area contributed by atoms with Gasteiger partial charge in [0.15, 0.2) is 0 Å². The summed E-state index contributed by atoms with van der Waals surface area (Å²) in [5.74, 6) is 0. The monoisotopic (exact) mass is 272 g/mol. The highest BCUT2D eigenvalue weighted by molar-refractivity contribution is 6.32. The van der Waals surface area contributed by atoms with E-state index in [1.54, 1.807) is 6.20 Å². The molecule has 102 valence electrons. The highest BCUT2D eigenvalue weighted by Gasteiger charge is 2.10. The number of nitrogens with zero attached hydrogens (tertiary/aromatic N) is 3. The van der Waals surface area contributed by atoms with Crippen molar-refractivity contribution in [3.05, 3.63) is 21.6 Å². The van der Waals surface area contributed by atoms with Gasteiger partial charge < -0.3 is 10.2 Å². The summed E-state index contributed by atoms with van der Waals surface area (Å²) in [6, 6.07) is 0.00951. The minimum atomic E-state index is -0.250. The topological polar surface area (TPSA) is 50.2 Å². The Kier molecular flexibility index (Phi) is 5.62. The van der Waals surface area contributed by atoms with E-state index in [-0.39, 0.29) is 16.6 Å². The Morgan fingerprint density at radius 3 is 2.78 bits per heavy atom. The summed E-state index contributed by atoms with van der Waals surface area (Å²) in [5, 5.41) is 7.44. The number of halogens is 1. The smallest absolute Gasteiger partial charge is 0.287 e. The molecule has 0 saturated carbocycles. The molecule has 0 spiro atoms. The maximum absolute atomic E-state index is 11.9. The third-order valence-electron chi connectivity index (χ3n) is 2.78. The second-order valence-corrected chi connectivity index (χ2v) is 4.92. The van der Waals surface area contributed by atoms with Gasteiger partial charge in [0.2, 0.25) is 0 Å². The largest absolute Gasteiger partial charge is 0.381 e. The van der Waals surface area contributed by atoms with E-state index in [2.05, 4.69) is 22.2 Å². The molecule has 0 aliphatic carbocycles. The van der Waals surface area contributed by atoms with Crippen molar-refractivity contribution >= 4 is 17.3 Å². The lowest BCUT2D eigenvalue weighted by molar-refractivity contribution is 0.367. The number of hydrogen-bond acceptors (Lipinski definition) is 4. The highest BCUT2D eigenvalue weighted by Crippen LogP contribution is 2.15. The minimum absolute atomic E-state index is 0.00951. The Morgan fingerprint density at radius 1 is 1.56 bits per heavy atom. The van der Waals surface area contributed by atoms with E-state index in [4.69, 9.17) is 11.6 Å². The van der Waals surface area contributed by atoms with Crippen molar-refractivity contribution in [1.82, 2.24) is 14.7 Å². The second-order valence-electron chi connectivity index (χ2n) is 4.54. The van der Waals surface area contributed by atoms with Crippen LogP contribution in [-0.2, 0) is 0 Å². The lowest BCUT2D eigenvalue weighted by Gasteiger charge is -2.16. The molecule has 1 heterocycles. The molecule has 5 nitrogen and oxygen atoms in total. The fourth-order valence-corrected chi connectivity index (χ4v) is 1.68. The molecular weight excluding hydrogens is 252 g/mol. The normalized spacial score (nSPS) is 11.3. The molecule has 0 aliphatic rings. The molecule has 1 aromatic heterocycles. The van der Waals surface area contributed by atoms with Gasteiger partial charge in [0.25, 0.3) is 5.56 Å². The average molecular weight is 273 g/mol. The zero-order chi connectivity index (χ0) is 13.7. The molecule has 6 heteroatoms. The summed E-state index contributed by atoms with van der Waals surface area (Å²) in [7, 11) is 2.04. The third-order valence-corrected chi connectivity index (χ3v) is 3.15. The van der Waals surface area contributed by atoms with E-state index < -0.39 is 0 Å². The van der Waals surface area contributed by atoms with Crippen molar-refractivity contribution in [2.75, 3.05) is 32.0 Å². The fraction of sp³-hybridized carbons (Fsp3) is 0.667. The SMILES string of the molecule is CCN(C)CCNc1cnn(C(C)C)c(=O)c1Cl. The van der Waals surface area contributed by atoms with E-state index >= 15 is 0 Å². The van der Waals surface area contributed by atoms with Gasteiger partial charge in [0.1, 0.15) is 5.02 Å². The number of nitrogens with one attached hydrogen (secondary N) is 1. The quantitative estimate of drug-likeness (QED) is 0.859. The molecule has 0 saturated heterocycles. The van der Waals surface area contributed by atoms with Crippen molar-refractivity contribution in [2.24, 2.45) is 0 Å². The molecule has 1 N–H and O–H groups in total. The third kappa shape index (κ3) is 3.71. The van der Waals surface area contributed by atoms with Gasteiger partial charge >= 0.3 is 0 Å². The van der Waals surface area contributed by atoms with Crippen LogP contribution in [0.2, 0.25) is 5.02 Å². The standard InChI is InChI=1S/C12H21ClN4O/c1-5-16(4)7-6-14-10-8-15-17(9(2)3)12(18)11(10)13/h8-9,14H,5-7H2,1-4H3. The molecule has 0 radical (unpaired) electrons. The van der Waals surface area contributed by atoms with E-state index in [0.29, 0.717) is 5.69 Å². The first kappa shape index (κ1) is 15.0. The summed E-state index contributed by atoms with van der Waals surface area (Å²) >= 11 is 6.04. The number of anilines is 1. The summed E-state index contributed by atoms with van der Waals surface area (Å²) in [6.07, 6.45) is 1.61. The lowest BCUT2D eigenvalue weighted by Crippen LogP contribution is -2.28. The van der Waals surface area contributed by atoms with Gasteiger partial charge in [-0.15, -0.1) is 0 Å². The maximum Gasteiger partial charge on any atom is 0.287 e. The van der Waals surface area contributed by atoms with Crippen LogP contribution < -0.4 is 10.9 Å². The predicted molar refractivity (Wildman–Crippen MR) is 75.6 cm³/mol. The van der Waals surface area contributed by atoms with Crippen molar-refractivity contribution < 1.29 is 0 Å². The maximum atomic E-state index is 11.9. The zero-order valence-electron chi connectivity index (χ0n) is 11.4. The molecule has 0 aliphatic heterocycles. The van der Waals surface area contributed by atoms with Crippen LogP contribution in [-0.4, -0.2) is 41.4 Å². The molecule has 0 fully saturated rings. The van der Waals surface area contributed by atoms with Crippen LogP contribution >= 0.6 is 11.6 Å². The molecule has 0 aromatic carbocycles. The van der Waals surface area contributed by atoms with Crippen molar-refractivity contribution in [1.29, 1.82) is 0 Å². The Hall–Kier alpha value is -1.07. The minimum Gasteiger partial charge on any atom is -0.381 e. The van der Waals surface area contributed by atoms with Gasteiger partial charge in [-0.05, 0) is 27.4 Å². The Bertz CT molecular complexity index is 444. The van der Waals surface area contributed by atoms with E-state index in [1.807, 2.05) is 20.9 Å². The number of rotatable bonds is 6. The molecule has 0 bridgehead atoms. The van der Waals surface area contributed by atoms with Gasteiger partial charge in [-0.2, -0.15) is 5.10 Å². The summed E-state index contributed by atoms with van der Waals surface area (Å²) in [6.45, 7) is 8.50. The Morgan fingerprint density at radius 2 is 2.22 bits per heavy atom. The van der Waals surface area contributed by atoms with Crippen molar-refractivity contribution in [2.45, 2.75) is 26.8 Å². The molecule has 1 aromatic rings. The molecule has 0 atom stereocenters. The highest BCUT2D eigenvalue weighted by atomic mass is 35.5. The van der Waals surface area contributed by atoms with Crippen LogP contribution in [0.3, 0.4) is 0 Å². The van der Waals surface area contributed by atoms with Crippen LogP contribution in [0, 0.1) is 0 Å². The molecule has 1 rings (SSSR count).